The molecule has 0 saturated carbocycles. The molecule has 0 aliphatic carbocycles. The number of hydrogen-bond donors (Lipinski definition) is 2. The molecule has 1 rings (SSSR count). The Morgan fingerprint density at radius 1 is 1.24 bits per heavy atom. The van der Waals surface area contributed by atoms with E-state index in [2.05, 4.69) is 10.6 Å². The van der Waals surface area contributed by atoms with Gasteiger partial charge in [0.25, 0.3) is 0 Å². The van der Waals surface area contributed by atoms with Crippen molar-refractivity contribution in [2.75, 3.05) is 12.4 Å². The highest BCUT2D eigenvalue weighted by Crippen LogP contribution is 2.10. The Hall–Kier alpha value is -1.55. The summed E-state index contributed by atoms with van der Waals surface area (Å²) in [5.41, 5.74) is 1.61. The van der Waals surface area contributed by atoms with Crippen LogP contribution in [0.25, 0.3) is 0 Å². The molecule has 4 nitrogen and oxygen atoms in total. The fraction of sp³-hybridized carbons (Fsp3) is 0.462. The zero-order valence-electron chi connectivity index (χ0n) is 10.8. The van der Waals surface area contributed by atoms with Crippen molar-refractivity contribution < 1.29 is 9.53 Å². The van der Waals surface area contributed by atoms with Gasteiger partial charge in [0.15, 0.2) is 0 Å². The Morgan fingerprint density at radius 3 is 2.29 bits per heavy atom. The van der Waals surface area contributed by atoms with Crippen LogP contribution in [0.15, 0.2) is 24.3 Å². The molecule has 2 amide bonds. The van der Waals surface area contributed by atoms with Crippen LogP contribution in [0.4, 0.5) is 10.5 Å². The summed E-state index contributed by atoms with van der Waals surface area (Å²) in [5, 5.41) is 5.61. The van der Waals surface area contributed by atoms with Crippen molar-refractivity contribution in [2.24, 2.45) is 0 Å². The third kappa shape index (κ3) is 5.36. The number of methoxy groups -OCH3 is 1. The SMILES string of the molecule is COCc1ccc(NC(=O)NC(C)(C)C)cc1. The molecule has 0 aliphatic rings. The van der Waals surface area contributed by atoms with Crippen LogP contribution < -0.4 is 10.6 Å². The smallest absolute Gasteiger partial charge is 0.319 e. The fourth-order valence-electron chi connectivity index (χ4n) is 1.35. The number of ether oxygens (including phenoxy) is 1. The van der Waals surface area contributed by atoms with Gasteiger partial charge >= 0.3 is 6.03 Å². The second-order valence-electron chi connectivity index (χ2n) is 4.96. The molecule has 0 heterocycles. The van der Waals surface area contributed by atoms with Crippen LogP contribution in [0.2, 0.25) is 0 Å². The lowest BCUT2D eigenvalue weighted by Crippen LogP contribution is -2.43. The van der Waals surface area contributed by atoms with E-state index in [0.717, 1.165) is 11.3 Å². The summed E-state index contributed by atoms with van der Waals surface area (Å²) in [6, 6.07) is 7.37. The molecule has 0 atom stereocenters. The molecule has 0 radical (unpaired) electrons. The highest BCUT2D eigenvalue weighted by atomic mass is 16.5. The molecule has 17 heavy (non-hydrogen) atoms. The largest absolute Gasteiger partial charge is 0.380 e. The molecule has 0 aliphatic heterocycles. The first-order chi connectivity index (χ1) is 7.90. The second-order valence-corrected chi connectivity index (χ2v) is 4.96. The topological polar surface area (TPSA) is 50.4 Å². The maximum Gasteiger partial charge on any atom is 0.319 e. The van der Waals surface area contributed by atoms with Gasteiger partial charge in [-0.05, 0) is 38.5 Å². The predicted molar refractivity (Wildman–Crippen MR) is 69.1 cm³/mol. The first-order valence-electron chi connectivity index (χ1n) is 5.58. The summed E-state index contributed by atoms with van der Waals surface area (Å²) in [4.78, 5) is 11.6. The van der Waals surface area contributed by atoms with Gasteiger partial charge in [0.2, 0.25) is 0 Å². The van der Waals surface area contributed by atoms with Gasteiger partial charge in [-0.3, -0.25) is 0 Å². The summed E-state index contributed by atoms with van der Waals surface area (Å²) >= 11 is 0. The van der Waals surface area contributed by atoms with Gasteiger partial charge in [-0.25, -0.2) is 4.79 Å². The molecule has 1 aromatic rings. The Kier molecular flexibility index (Phi) is 4.52. The molecule has 0 fully saturated rings. The predicted octanol–water partition coefficient (Wildman–Crippen LogP) is 2.75. The summed E-state index contributed by atoms with van der Waals surface area (Å²) in [5.74, 6) is 0. The Labute approximate surface area is 102 Å². The molecule has 94 valence electrons. The third-order valence-corrected chi connectivity index (χ3v) is 2.01. The maximum absolute atomic E-state index is 11.6. The Morgan fingerprint density at radius 2 is 1.82 bits per heavy atom. The van der Waals surface area contributed by atoms with E-state index in [1.54, 1.807) is 7.11 Å². The van der Waals surface area contributed by atoms with E-state index in [1.807, 2.05) is 45.0 Å². The van der Waals surface area contributed by atoms with E-state index in [0.29, 0.717) is 6.61 Å². The van der Waals surface area contributed by atoms with Crippen LogP contribution in [0.1, 0.15) is 26.3 Å². The van der Waals surface area contributed by atoms with Crippen molar-refractivity contribution in [3.8, 4) is 0 Å². The zero-order chi connectivity index (χ0) is 12.9. The monoisotopic (exact) mass is 236 g/mol. The standard InChI is InChI=1S/C13H20N2O2/c1-13(2,3)15-12(16)14-11-7-5-10(6-8-11)9-17-4/h5-8H,9H2,1-4H3,(H2,14,15,16). The van der Waals surface area contributed by atoms with Crippen molar-refractivity contribution in [3.63, 3.8) is 0 Å². The molecule has 0 aromatic heterocycles. The lowest BCUT2D eigenvalue weighted by Gasteiger charge is -2.20. The molecular weight excluding hydrogens is 216 g/mol. The minimum absolute atomic E-state index is 0.197. The average Bonchev–Trinajstić information content (AvgIpc) is 2.18. The molecule has 2 N–H and O–H groups in total. The Balaban J connectivity index is 2.54. The van der Waals surface area contributed by atoms with Crippen LogP contribution >= 0.6 is 0 Å². The number of anilines is 1. The third-order valence-electron chi connectivity index (χ3n) is 2.01. The lowest BCUT2D eigenvalue weighted by atomic mass is 10.1. The van der Waals surface area contributed by atoms with Crippen LogP contribution in [0.5, 0.6) is 0 Å². The normalized spacial score (nSPS) is 11.1. The zero-order valence-corrected chi connectivity index (χ0v) is 10.8. The maximum atomic E-state index is 11.6. The van der Waals surface area contributed by atoms with Gasteiger partial charge in [0, 0.05) is 18.3 Å². The highest BCUT2D eigenvalue weighted by molar-refractivity contribution is 5.89. The second kappa shape index (κ2) is 5.68. The van der Waals surface area contributed by atoms with E-state index in [-0.39, 0.29) is 11.6 Å². The number of amides is 2. The summed E-state index contributed by atoms with van der Waals surface area (Å²) < 4.78 is 5.02. The molecule has 1 aromatic carbocycles. The minimum Gasteiger partial charge on any atom is -0.380 e. The average molecular weight is 236 g/mol. The number of urea groups is 1. The number of hydrogen-bond acceptors (Lipinski definition) is 2. The summed E-state index contributed by atoms with van der Waals surface area (Å²) in [6.07, 6.45) is 0. The van der Waals surface area contributed by atoms with Gasteiger partial charge in [0.05, 0.1) is 6.61 Å². The van der Waals surface area contributed by atoms with Crippen molar-refractivity contribution >= 4 is 11.7 Å². The van der Waals surface area contributed by atoms with E-state index >= 15 is 0 Å². The molecule has 0 bridgehead atoms. The number of rotatable bonds is 3. The summed E-state index contributed by atoms with van der Waals surface area (Å²) in [7, 11) is 1.66. The number of carbonyl (C=O) groups excluding carboxylic acids is 1. The van der Waals surface area contributed by atoms with Crippen molar-refractivity contribution in [1.29, 1.82) is 0 Å². The molecule has 0 unspecified atom stereocenters. The highest BCUT2D eigenvalue weighted by Gasteiger charge is 2.13. The van der Waals surface area contributed by atoms with Gasteiger partial charge in [-0.15, -0.1) is 0 Å². The van der Waals surface area contributed by atoms with Gasteiger partial charge in [0.1, 0.15) is 0 Å². The fourth-order valence-corrected chi connectivity index (χ4v) is 1.35. The van der Waals surface area contributed by atoms with Gasteiger partial charge < -0.3 is 15.4 Å². The molecule has 0 spiro atoms. The number of benzene rings is 1. The molecule has 4 heteroatoms. The minimum atomic E-state index is -0.236. The van der Waals surface area contributed by atoms with E-state index in [4.69, 9.17) is 4.74 Å². The first kappa shape index (κ1) is 13.5. The van der Waals surface area contributed by atoms with Crippen LogP contribution in [0.3, 0.4) is 0 Å². The quantitative estimate of drug-likeness (QED) is 0.847. The van der Waals surface area contributed by atoms with Crippen LogP contribution in [0, 0.1) is 0 Å². The van der Waals surface area contributed by atoms with E-state index < -0.39 is 0 Å². The molecular formula is C13H20N2O2. The number of nitrogens with one attached hydrogen (secondary N) is 2. The lowest BCUT2D eigenvalue weighted by molar-refractivity contribution is 0.185. The van der Waals surface area contributed by atoms with Crippen molar-refractivity contribution in [1.82, 2.24) is 5.32 Å². The van der Waals surface area contributed by atoms with Gasteiger partial charge in [-0.2, -0.15) is 0 Å². The van der Waals surface area contributed by atoms with Crippen molar-refractivity contribution in [3.05, 3.63) is 29.8 Å². The van der Waals surface area contributed by atoms with Crippen LogP contribution in [-0.2, 0) is 11.3 Å². The Bertz CT molecular complexity index is 366. The number of carbonyl (C=O) groups is 1. The summed E-state index contributed by atoms with van der Waals surface area (Å²) in [6.45, 7) is 6.39. The van der Waals surface area contributed by atoms with Gasteiger partial charge in [-0.1, -0.05) is 12.1 Å². The van der Waals surface area contributed by atoms with E-state index in [1.165, 1.54) is 0 Å². The first-order valence-corrected chi connectivity index (χ1v) is 5.58. The molecule has 0 saturated heterocycles. The van der Waals surface area contributed by atoms with Crippen LogP contribution in [-0.4, -0.2) is 18.7 Å². The van der Waals surface area contributed by atoms with E-state index in [9.17, 15) is 4.79 Å². The van der Waals surface area contributed by atoms with Crippen molar-refractivity contribution in [2.45, 2.75) is 32.9 Å².